The van der Waals surface area contributed by atoms with Gasteiger partial charge in [0.15, 0.2) is 5.84 Å². The molecule has 0 atom stereocenters. The number of oxime groups is 1. The zero-order valence-electron chi connectivity index (χ0n) is 14.1. The van der Waals surface area contributed by atoms with Gasteiger partial charge in [0.05, 0.1) is 12.7 Å². The molecule has 0 aromatic heterocycles. The number of amidine groups is 1. The Morgan fingerprint density at radius 1 is 1.33 bits per heavy atom. The predicted octanol–water partition coefficient (Wildman–Crippen LogP) is 2.20. The predicted molar refractivity (Wildman–Crippen MR) is 84.4 cm³/mol. The van der Waals surface area contributed by atoms with Crippen LogP contribution in [0.4, 0.5) is 0 Å². The van der Waals surface area contributed by atoms with Crippen molar-refractivity contribution in [1.82, 2.24) is 4.90 Å². The summed E-state index contributed by atoms with van der Waals surface area (Å²) in [4.78, 5) is 14.4. The van der Waals surface area contributed by atoms with Crippen LogP contribution >= 0.6 is 0 Å². The second-order valence-corrected chi connectivity index (χ2v) is 5.71. The van der Waals surface area contributed by atoms with Gasteiger partial charge >= 0.3 is 0 Å². The molecule has 6 nitrogen and oxygen atoms in total. The molecular weight excluding hydrogens is 270 g/mol. The van der Waals surface area contributed by atoms with Crippen molar-refractivity contribution < 1.29 is 14.7 Å². The fourth-order valence-electron chi connectivity index (χ4n) is 2.55. The zero-order chi connectivity index (χ0) is 16.5. The number of carbonyl (C=O) groups is 1. The third kappa shape index (κ3) is 5.53. The average Bonchev–Trinajstić information content (AvgIpc) is 2.44. The van der Waals surface area contributed by atoms with Gasteiger partial charge < -0.3 is 20.6 Å². The Hall–Kier alpha value is -1.30. The normalized spacial score (nSPS) is 12.8. The lowest BCUT2D eigenvalue weighted by Crippen LogP contribution is -2.51. The lowest BCUT2D eigenvalue weighted by molar-refractivity contribution is -0.138. The maximum absolute atomic E-state index is 12.8. The minimum atomic E-state index is -0.912. The van der Waals surface area contributed by atoms with Gasteiger partial charge in [-0.3, -0.25) is 4.79 Å². The van der Waals surface area contributed by atoms with E-state index in [1.165, 1.54) is 0 Å². The van der Waals surface area contributed by atoms with E-state index in [4.69, 9.17) is 15.7 Å². The summed E-state index contributed by atoms with van der Waals surface area (Å²) < 4.78 is 5.48. The molecule has 0 unspecified atom stereocenters. The van der Waals surface area contributed by atoms with Gasteiger partial charge in [-0.2, -0.15) is 0 Å². The number of rotatable bonds is 10. The molecule has 6 heteroatoms. The molecule has 0 fully saturated rings. The van der Waals surface area contributed by atoms with Crippen LogP contribution in [0.5, 0.6) is 0 Å². The van der Waals surface area contributed by atoms with Gasteiger partial charge in [-0.1, -0.05) is 31.8 Å². The fraction of sp³-hybridized carbons (Fsp3) is 0.867. The minimum absolute atomic E-state index is 0.00725. The molecule has 21 heavy (non-hydrogen) atoms. The lowest BCUT2D eigenvalue weighted by atomic mass is 9.76. The number of ether oxygens (including phenoxy) is 1. The van der Waals surface area contributed by atoms with Gasteiger partial charge in [-0.05, 0) is 26.7 Å². The Labute approximate surface area is 128 Å². The van der Waals surface area contributed by atoms with Crippen LogP contribution in [-0.2, 0) is 9.53 Å². The molecule has 0 aromatic carbocycles. The average molecular weight is 301 g/mol. The largest absolute Gasteiger partial charge is 0.409 e. The van der Waals surface area contributed by atoms with Gasteiger partial charge in [-0.15, -0.1) is 0 Å². The van der Waals surface area contributed by atoms with Crippen LogP contribution in [-0.4, -0.2) is 48.2 Å². The molecule has 0 saturated carbocycles. The van der Waals surface area contributed by atoms with E-state index in [0.717, 1.165) is 12.8 Å². The van der Waals surface area contributed by atoms with Crippen molar-refractivity contribution >= 4 is 11.7 Å². The van der Waals surface area contributed by atoms with Crippen LogP contribution in [0.3, 0.4) is 0 Å². The quantitative estimate of drug-likeness (QED) is 0.280. The smallest absolute Gasteiger partial charge is 0.236 e. The summed E-state index contributed by atoms with van der Waals surface area (Å²) in [6.45, 7) is 8.86. The molecule has 124 valence electrons. The van der Waals surface area contributed by atoms with Crippen LogP contribution < -0.4 is 5.73 Å². The van der Waals surface area contributed by atoms with E-state index in [1.54, 1.807) is 11.9 Å². The highest BCUT2D eigenvalue weighted by molar-refractivity contribution is 6.06. The number of nitrogens with zero attached hydrogens (tertiary/aromatic N) is 2. The van der Waals surface area contributed by atoms with Crippen molar-refractivity contribution in [2.24, 2.45) is 16.3 Å². The van der Waals surface area contributed by atoms with Crippen LogP contribution in [0.2, 0.25) is 0 Å². The van der Waals surface area contributed by atoms with E-state index >= 15 is 0 Å². The van der Waals surface area contributed by atoms with Crippen molar-refractivity contribution in [2.45, 2.75) is 59.5 Å². The van der Waals surface area contributed by atoms with Crippen LogP contribution in [0.1, 0.15) is 53.4 Å². The minimum Gasteiger partial charge on any atom is -0.409 e. The van der Waals surface area contributed by atoms with Gasteiger partial charge in [-0.25, -0.2) is 0 Å². The van der Waals surface area contributed by atoms with E-state index in [9.17, 15) is 4.79 Å². The second-order valence-electron chi connectivity index (χ2n) is 5.71. The van der Waals surface area contributed by atoms with E-state index in [0.29, 0.717) is 26.0 Å². The molecular formula is C15H31N3O3. The number of hydrogen-bond acceptors (Lipinski definition) is 4. The Morgan fingerprint density at radius 3 is 2.24 bits per heavy atom. The molecule has 0 aromatic rings. The molecule has 1 amide bonds. The summed E-state index contributed by atoms with van der Waals surface area (Å²) in [6.07, 6.45) is 2.86. The first-order valence-electron chi connectivity index (χ1n) is 7.70. The van der Waals surface area contributed by atoms with Crippen LogP contribution in [0.15, 0.2) is 5.16 Å². The highest BCUT2D eigenvalue weighted by Crippen LogP contribution is 2.32. The highest BCUT2D eigenvalue weighted by Gasteiger charge is 2.43. The van der Waals surface area contributed by atoms with Crippen LogP contribution in [0, 0.1) is 5.41 Å². The summed E-state index contributed by atoms with van der Waals surface area (Å²) in [6, 6.07) is 0. The number of amides is 1. The standard InChI is InChI=1S/C15H31N3O3/c1-6-8-15(9-7-2,13(16)17-20)14(19)18(5)10-11-21-12(3)4/h12,20H,6-11H2,1-5H3,(H2,16,17). The maximum Gasteiger partial charge on any atom is 0.236 e. The molecule has 0 radical (unpaired) electrons. The topological polar surface area (TPSA) is 88.2 Å². The molecule has 3 N–H and O–H groups in total. The molecule has 0 aliphatic rings. The van der Waals surface area contributed by atoms with E-state index in [1.807, 2.05) is 27.7 Å². The van der Waals surface area contributed by atoms with Crippen molar-refractivity contribution in [2.75, 3.05) is 20.2 Å². The summed E-state index contributed by atoms with van der Waals surface area (Å²) in [7, 11) is 1.73. The maximum atomic E-state index is 12.8. The number of hydrogen-bond donors (Lipinski definition) is 2. The SMILES string of the molecule is CCCC(CCC)(C(=O)N(C)CCOC(C)C)C(N)=NO. The second kappa shape index (κ2) is 9.60. The third-order valence-electron chi connectivity index (χ3n) is 3.59. The third-order valence-corrected chi connectivity index (χ3v) is 3.59. The molecule has 0 heterocycles. The van der Waals surface area contributed by atoms with E-state index in [2.05, 4.69) is 5.16 Å². The molecule has 0 rings (SSSR count). The molecule has 0 spiro atoms. The van der Waals surface area contributed by atoms with Crippen LogP contribution in [0.25, 0.3) is 0 Å². The summed E-state index contributed by atoms with van der Waals surface area (Å²) >= 11 is 0. The van der Waals surface area contributed by atoms with Crippen molar-refractivity contribution in [3.8, 4) is 0 Å². The lowest BCUT2D eigenvalue weighted by Gasteiger charge is -2.34. The fourth-order valence-corrected chi connectivity index (χ4v) is 2.55. The Bertz CT molecular complexity index is 337. The Morgan fingerprint density at radius 2 is 1.86 bits per heavy atom. The Kier molecular flexibility index (Phi) is 9.01. The van der Waals surface area contributed by atoms with Gasteiger partial charge in [0.1, 0.15) is 5.41 Å². The Balaban J connectivity index is 5.08. The van der Waals surface area contributed by atoms with Crippen molar-refractivity contribution in [1.29, 1.82) is 0 Å². The first-order valence-corrected chi connectivity index (χ1v) is 7.70. The van der Waals surface area contributed by atoms with Gasteiger partial charge in [0, 0.05) is 13.6 Å². The first-order chi connectivity index (χ1) is 9.85. The molecule has 0 aliphatic carbocycles. The first kappa shape index (κ1) is 19.7. The number of carbonyl (C=O) groups excluding carboxylic acids is 1. The van der Waals surface area contributed by atoms with E-state index in [-0.39, 0.29) is 17.8 Å². The summed E-state index contributed by atoms with van der Waals surface area (Å²) in [5, 5.41) is 12.2. The van der Waals surface area contributed by atoms with Gasteiger partial charge in [0.25, 0.3) is 0 Å². The zero-order valence-corrected chi connectivity index (χ0v) is 14.1. The van der Waals surface area contributed by atoms with Gasteiger partial charge in [0.2, 0.25) is 5.91 Å². The summed E-state index contributed by atoms with van der Waals surface area (Å²) in [5.41, 5.74) is 4.95. The molecule has 0 aliphatic heterocycles. The van der Waals surface area contributed by atoms with Crippen molar-refractivity contribution in [3.05, 3.63) is 0 Å². The number of nitrogens with two attached hydrogens (primary N) is 1. The number of likely N-dealkylation sites (N-methyl/N-ethyl adjacent to an activating group) is 1. The van der Waals surface area contributed by atoms with Crippen molar-refractivity contribution in [3.63, 3.8) is 0 Å². The van der Waals surface area contributed by atoms with E-state index < -0.39 is 5.41 Å². The summed E-state index contributed by atoms with van der Waals surface area (Å²) in [5.74, 6) is -0.0957. The highest BCUT2D eigenvalue weighted by atomic mass is 16.5. The molecule has 0 saturated heterocycles. The monoisotopic (exact) mass is 301 g/mol. The molecule has 0 bridgehead atoms.